The summed E-state index contributed by atoms with van der Waals surface area (Å²) in [6, 6.07) is 6.36. The lowest BCUT2D eigenvalue weighted by molar-refractivity contribution is 0.380. The summed E-state index contributed by atoms with van der Waals surface area (Å²) in [5.41, 5.74) is 0. The van der Waals surface area contributed by atoms with Gasteiger partial charge in [0.15, 0.2) is 11.6 Å². The molecule has 4 rings (SSSR count). The minimum atomic E-state index is -4.01. The maximum atomic E-state index is 14.0. The maximum Gasteiger partial charge on any atom is 0.246 e. The Hall–Kier alpha value is -2.33. The molecule has 0 N–H and O–H groups in total. The van der Waals surface area contributed by atoms with Gasteiger partial charge < -0.3 is 9.80 Å². The third-order valence-corrected chi connectivity index (χ3v) is 7.32. The van der Waals surface area contributed by atoms with Gasteiger partial charge in [0.25, 0.3) is 0 Å². The highest BCUT2D eigenvalue weighted by Crippen LogP contribution is 2.24. The van der Waals surface area contributed by atoms with Crippen molar-refractivity contribution >= 4 is 21.7 Å². The number of rotatable bonds is 4. The minimum Gasteiger partial charge on any atom is -0.355 e. The fourth-order valence-corrected chi connectivity index (χ4v) is 5.23. The number of halogens is 2. The van der Waals surface area contributed by atoms with Crippen molar-refractivity contribution in [2.24, 2.45) is 0 Å². The standard InChI is InChI=1S/C19H23F2N5O2S/c20-15-4-5-17(16(21)14-15)29(27,28)26-12-10-25(11-13-26)19-7-6-18(22-23-19)24-8-2-1-3-9-24/h4-7,14H,1-3,8-13H2. The number of hydrogen-bond donors (Lipinski definition) is 0. The van der Waals surface area contributed by atoms with Crippen molar-refractivity contribution in [1.82, 2.24) is 14.5 Å². The number of nitrogens with zero attached hydrogens (tertiary/aromatic N) is 5. The lowest BCUT2D eigenvalue weighted by atomic mass is 10.1. The van der Waals surface area contributed by atoms with Crippen molar-refractivity contribution in [1.29, 1.82) is 0 Å². The van der Waals surface area contributed by atoms with Gasteiger partial charge in [-0.15, -0.1) is 10.2 Å². The van der Waals surface area contributed by atoms with Crippen LogP contribution in [0.5, 0.6) is 0 Å². The van der Waals surface area contributed by atoms with Gasteiger partial charge in [-0.05, 0) is 43.5 Å². The first-order valence-corrected chi connectivity index (χ1v) is 11.2. The fraction of sp³-hybridized carbons (Fsp3) is 0.474. The molecule has 2 saturated heterocycles. The van der Waals surface area contributed by atoms with Crippen LogP contribution < -0.4 is 9.80 Å². The van der Waals surface area contributed by atoms with Gasteiger partial charge >= 0.3 is 0 Å². The lowest BCUT2D eigenvalue weighted by Gasteiger charge is -2.34. The molecule has 2 aliphatic heterocycles. The van der Waals surface area contributed by atoms with Gasteiger partial charge in [-0.25, -0.2) is 17.2 Å². The largest absolute Gasteiger partial charge is 0.355 e. The third-order valence-electron chi connectivity index (χ3n) is 5.39. The van der Waals surface area contributed by atoms with E-state index in [0.717, 1.165) is 43.9 Å². The molecule has 0 amide bonds. The summed E-state index contributed by atoms with van der Waals surface area (Å²) in [5, 5.41) is 8.64. The monoisotopic (exact) mass is 423 g/mol. The highest BCUT2D eigenvalue weighted by Gasteiger charge is 2.31. The molecular formula is C19H23F2N5O2S. The van der Waals surface area contributed by atoms with Gasteiger partial charge in [0.05, 0.1) is 0 Å². The average molecular weight is 423 g/mol. The summed E-state index contributed by atoms with van der Waals surface area (Å²) < 4.78 is 53.7. The summed E-state index contributed by atoms with van der Waals surface area (Å²) in [6.07, 6.45) is 3.57. The van der Waals surface area contributed by atoms with Gasteiger partial charge in [-0.2, -0.15) is 4.31 Å². The average Bonchev–Trinajstić information content (AvgIpc) is 2.74. The van der Waals surface area contributed by atoms with E-state index in [1.165, 1.54) is 10.7 Å². The second kappa shape index (κ2) is 8.19. The highest BCUT2D eigenvalue weighted by molar-refractivity contribution is 7.89. The molecule has 0 bridgehead atoms. The molecule has 0 radical (unpaired) electrons. The van der Waals surface area contributed by atoms with E-state index < -0.39 is 26.6 Å². The Balaban J connectivity index is 1.41. The Labute approximate surface area is 169 Å². The van der Waals surface area contributed by atoms with Crippen LogP contribution in [0.4, 0.5) is 20.4 Å². The summed E-state index contributed by atoms with van der Waals surface area (Å²) >= 11 is 0. The van der Waals surface area contributed by atoms with E-state index >= 15 is 0 Å². The molecule has 7 nitrogen and oxygen atoms in total. The van der Waals surface area contributed by atoms with Crippen LogP contribution >= 0.6 is 0 Å². The van der Waals surface area contributed by atoms with Crippen molar-refractivity contribution in [3.05, 3.63) is 42.0 Å². The van der Waals surface area contributed by atoms with Crippen molar-refractivity contribution in [3.63, 3.8) is 0 Å². The first-order chi connectivity index (χ1) is 13.9. The van der Waals surface area contributed by atoms with Crippen LogP contribution in [0.1, 0.15) is 19.3 Å². The van der Waals surface area contributed by atoms with Crippen LogP contribution in [0.25, 0.3) is 0 Å². The molecule has 2 aliphatic rings. The molecule has 0 aliphatic carbocycles. The Bertz CT molecular complexity index is 957. The maximum absolute atomic E-state index is 14.0. The highest BCUT2D eigenvalue weighted by atomic mass is 32.2. The number of anilines is 2. The lowest BCUT2D eigenvalue weighted by Crippen LogP contribution is -2.49. The first-order valence-electron chi connectivity index (χ1n) is 9.74. The number of aromatic nitrogens is 2. The van der Waals surface area contributed by atoms with Crippen LogP contribution in [0.2, 0.25) is 0 Å². The number of hydrogen-bond acceptors (Lipinski definition) is 6. The smallest absolute Gasteiger partial charge is 0.246 e. The Kier molecular flexibility index (Phi) is 5.64. The predicted octanol–water partition coefficient (Wildman–Crippen LogP) is 2.26. The molecule has 0 unspecified atom stereocenters. The molecule has 29 heavy (non-hydrogen) atoms. The number of benzene rings is 1. The Morgan fingerprint density at radius 3 is 1.90 bits per heavy atom. The molecule has 0 spiro atoms. The second-order valence-electron chi connectivity index (χ2n) is 7.26. The molecule has 2 aromatic rings. The van der Waals surface area contributed by atoms with E-state index in [4.69, 9.17) is 0 Å². The quantitative estimate of drug-likeness (QED) is 0.752. The van der Waals surface area contributed by atoms with Crippen LogP contribution in [-0.4, -0.2) is 62.2 Å². The van der Waals surface area contributed by atoms with Gasteiger partial charge in [-0.3, -0.25) is 0 Å². The van der Waals surface area contributed by atoms with Crippen molar-refractivity contribution in [2.75, 3.05) is 49.1 Å². The van der Waals surface area contributed by atoms with Crippen LogP contribution in [0, 0.1) is 11.6 Å². The van der Waals surface area contributed by atoms with Gasteiger partial charge in [-0.1, -0.05) is 0 Å². The molecule has 1 aromatic carbocycles. The van der Waals surface area contributed by atoms with E-state index in [1.807, 2.05) is 17.0 Å². The molecule has 0 saturated carbocycles. The molecule has 10 heteroatoms. The van der Waals surface area contributed by atoms with Gasteiger partial charge in [0.2, 0.25) is 10.0 Å². The molecule has 3 heterocycles. The van der Waals surface area contributed by atoms with E-state index in [0.29, 0.717) is 25.0 Å². The Morgan fingerprint density at radius 2 is 1.34 bits per heavy atom. The summed E-state index contributed by atoms with van der Waals surface area (Å²) in [7, 11) is -4.01. The zero-order chi connectivity index (χ0) is 20.4. The summed E-state index contributed by atoms with van der Waals surface area (Å²) in [5.74, 6) is -0.332. The van der Waals surface area contributed by atoms with E-state index in [-0.39, 0.29) is 13.1 Å². The zero-order valence-corrected chi connectivity index (χ0v) is 16.8. The van der Waals surface area contributed by atoms with E-state index in [9.17, 15) is 17.2 Å². The topological polar surface area (TPSA) is 69.6 Å². The zero-order valence-electron chi connectivity index (χ0n) is 16.0. The second-order valence-corrected chi connectivity index (χ2v) is 9.17. The molecule has 0 atom stereocenters. The SMILES string of the molecule is O=S(=O)(c1ccc(F)cc1F)N1CCN(c2ccc(N3CCCCC3)nn2)CC1. The van der Waals surface area contributed by atoms with Crippen molar-refractivity contribution < 1.29 is 17.2 Å². The summed E-state index contributed by atoms with van der Waals surface area (Å²) in [6.45, 7) is 3.19. The number of piperazine rings is 1. The predicted molar refractivity (Wildman–Crippen MR) is 105 cm³/mol. The van der Waals surface area contributed by atoms with Crippen molar-refractivity contribution in [2.45, 2.75) is 24.2 Å². The number of sulfonamides is 1. The minimum absolute atomic E-state index is 0.189. The number of piperidine rings is 1. The van der Waals surface area contributed by atoms with Gasteiger partial charge in [0.1, 0.15) is 16.5 Å². The third kappa shape index (κ3) is 4.18. The van der Waals surface area contributed by atoms with Crippen LogP contribution in [0.15, 0.2) is 35.2 Å². The molecule has 2 fully saturated rings. The van der Waals surface area contributed by atoms with E-state index in [1.54, 1.807) is 0 Å². The first kappa shape index (κ1) is 20.0. The molecule has 156 valence electrons. The van der Waals surface area contributed by atoms with Crippen molar-refractivity contribution in [3.8, 4) is 0 Å². The molecule has 1 aromatic heterocycles. The van der Waals surface area contributed by atoms with E-state index in [2.05, 4.69) is 15.1 Å². The van der Waals surface area contributed by atoms with Gasteiger partial charge in [0, 0.05) is 45.3 Å². The Morgan fingerprint density at radius 1 is 0.759 bits per heavy atom. The molecular weight excluding hydrogens is 400 g/mol. The van der Waals surface area contributed by atoms with Crippen LogP contribution in [-0.2, 0) is 10.0 Å². The normalized spacial score (nSPS) is 18.8. The van der Waals surface area contributed by atoms with Crippen LogP contribution in [0.3, 0.4) is 0 Å². The fourth-order valence-electron chi connectivity index (χ4n) is 3.76. The summed E-state index contributed by atoms with van der Waals surface area (Å²) in [4.78, 5) is 3.68.